The van der Waals surface area contributed by atoms with Crippen molar-refractivity contribution in [2.45, 2.75) is 40.7 Å². The Bertz CT molecular complexity index is 1280. The molecule has 7 heteroatoms. The first-order valence-corrected chi connectivity index (χ1v) is 13.6. The van der Waals surface area contributed by atoms with Crippen molar-refractivity contribution in [3.63, 3.8) is 0 Å². The number of carbonyl (C=O) groups excluding carboxylic acids is 1. The van der Waals surface area contributed by atoms with Crippen molar-refractivity contribution in [2.24, 2.45) is 0 Å². The summed E-state index contributed by atoms with van der Waals surface area (Å²) in [5.74, 6) is 0.609. The van der Waals surface area contributed by atoms with Crippen molar-refractivity contribution in [3.8, 4) is 5.75 Å². The van der Waals surface area contributed by atoms with Crippen molar-refractivity contribution in [1.29, 1.82) is 0 Å². The van der Waals surface area contributed by atoms with Crippen molar-refractivity contribution < 1.29 is 17.9 Å². The Morgan fingerprint density at radius 3 is 2.31 bits per heavy atom. The molecule has 1 N–H and O–H groups in total. The zero-order valence-electron chi connectivity index (χ0n) is 21.1. The molecule has 0 aliphatic carbocycles. The van der Waals surface area contributed by atoms with Crippen LogP contribution in [0.1, 0.15) is 45.1 Å². The lowest BCUT2D eigenvalue weighted by atomic mass is 10.1. The van der Waals surface area contributed by atoms with Crippen LogP contribution in [0.5, 0.6) is 5.75 Å². The van der Waals surface area contributed by atoms with Crippen molar-refractivity contribution >= 4 is 21.6 Å². The Hall–Kier alpha value is -3.32. The van der Waals surface area contributed by atoms with Crippen LogP contribution in [-0.2, 0) is 23.0 Å². The highest BCUT2D eigenvalue weighted by Crippen LogP contribution is 2.29. The molecule has 0 fully saturated rings. The number of anilines is 1. The third-order valence-electron chi connectivity index (χ3n) is 5.87. The number of hydrogen-bond donors (Lipinski definition) is 1. The summed E-state index contributed by atoms with van der Waals surface area (Å²) in [5, 5.41) is 2.86. The summed E-state index contributed by atoms with van der Waals surface area (Å²) in [6.07, 6.45) is 1.95. The number of para-hydroxylation sites is 1. The van der Waals surface area contributed by atoms with E-state index in [1.165, 1.54) is 16.1 Å². The van der Waals surface area contributed by atoms with E-state index < -0.39 is 10.0 Å². The van der Waals surface area contributed by atoms with E-state index in [0.717, 1.165) is 40.1 Å². The summed E-state index contributed by atoms with van der Waals surface area (Å²) in [7, 11) is -3.50. The molecule has 0 bridgehead atoms. The fourth-order valence-electron chi connectivity index (χ4n) is 4.04. The molecule has 0 unspecified atom stereocenters. The van der Waals surface area contributed by atoms with E-state index in [2.05, 4.69) is 11.4 Å². The average Bonchev–Trinajstić information content (AvgIpc) is 2.81. The number of aryl methyl sites for hydroxylation is 4. The van der Waals surface area contributed by atoms with Gasteiger partial charge in [-0.3, -0.25) is 9.10 Å². The third kappa shape index (κ3) is 6.85. The fraction of sp³-hybridized carbons (Fsp3) is 0.321. The van der Waals surface area contributed by atoms with E-state index in [4.69, 9.17) is 4.74 Å². The maximum Gasteiger partial charge on any atom is 0.251 e. The number of nitrogens with one attached hydrogen (secondary N) is 1. The molecule has 0 heterocycles. The molecule has 0 aliphatic rings. The van der Waals surface area contributed by atoms with Crippen LogP contribution in [0.4, 0.5) is 5.69 Å². The Morgan fingerprint density at radius 1 is 0.971 bits per heavy atom. The van der Waals surface area contributed by atoms with Gasteiger partial charge in [0.1, 0.15) is 12.4 Å². The summed E-state index contributed by atoms with van der Waals surface area (Å²) >= 11 is 0. The molecule has 3 aromatic carbocycles. The highest BCUT2D eigenvalue weighted by Gasteiger charge is 2.22. The van der Waals surface area contributed by atoms with Crippen LogP contribution in [0.3, 0.4) is 0 Å². The molecule has 186 valence electrons. The molecular formula is C28H34N2O4S. The van der Waals surface area contributed by atoms with E-state index in [-0.39, 0.29) is 12.5 Å². The Morgan fingerprint density at radius 2 is 1.69 bits per heavy atom. The molecular weight excluding hydrogens is 460 g/mol. The summed E-state index contributed by atoms with van der Waals surface area (Å²) < 4.78 is 32.5. The number of hydrogen-bond acceptors (Lipinski definition) is 4. The predicted octanol–water partition coefficient (Wildman–Crippen LogP) is 4.95. The van der Waals surface area contributed by atoms with E-state index in [0.29, 0.717) is 18.7 Å². The van der Waals surface area contributed by atoms with Crippen molar-refractivity contribution in [1.82, 2.24) is 5.32 Å². The lowest BCUT2D eigenvalue weighted by Gasteiger charge is -2.26. The lowest BCUT2D eigenvalue weighted by molar-refractivity contribution is 0.0947. The second-order valence-corrected chi connectivity index (χ2v) is 10.7. The van der Waals surface area contributed by atoms with Crippen LogP contribution in [0.2, 0.25) is 0 Å². The number of rotatable bonds is 10. The van der Waals surface area contributed by atoms with Crippen molar-refractivity contribution in [2.75, 3.05) is 23.7 Å². The zero-order valence-corrected chi connectivity index (χ0v) is 21.9. The molecule has 0 aromatic heterocycles. The standard InChI is InChI=1S/C28H34N2O4S/c1-6-24-9-7-8-21(3)27(24)30(35(5,32)33)19-23-11-13-25(14-12-23)28(31)29-16-17-34-26-15-10-20(2)18-22(26)4/h7-15,18H,6,16-17,19H2,1-5H3,(H,29,31). The van der Waals surface area contributed by atoms with Gasteiger partial charge in [-0.15, -0.1) is 0 Å². The maximum atomic E-state index is 12.7. The van der Waals surface area contributed by atoms with Gasteiger partial charge in [0.05, 0.1) is 25.0 Å². The van der Waals surface area contributed by atoms with Crippen LogP contribution in [-0.4, -0.2) is 33.7 Å². The zero-order chi connectivity index (χ0) is 25.6. The number of sulfonamides is 1. The topological polar surface area (TPSA) is 75.7 Å². The van der Waals surface area contributed by atoms with Crippen LogP contribution >= 0.6 is 0 Å². The van der Waals surface area contributed by atoms with E-state index in [1.54, 1.807) is 24.3 Å². The number of nitrogens with zero attached hydrogens (tertiary/aromatic N) is 1. The minimum Gasteiger partial charge on any atom is -0.491 e. The van der Waals surface area contributed by atoms with Crippen LogP contribution in [0, 0.1) is 20.8 Å². The third-order valence-corrected chi connectivity index (χ3v) is 6.98. The Kier molecular flexibility index (Phi) is 8.57. The lowest BCUT2D eigenvalue weighted by Crippen LogP contribution is -2.31. The second kappa shape index (κ2) is 11.4. The van der Waals surface area contributed by atoms with Gasteiger partial charge in [0.15, 0.2) is 0 Å². The van der Waals surface area contributed by atoms with Gasteiger partial charge in [-0.25, -0.2) is 8.42 Å². The molecule has 0 spiro atoms. The first-order chi connectivity index (χ1) is 16.6. The highest BCUT2D eigenvalue weighted by atomic mass is 32.2. The molecule has 6 nitrogen and oxygen atoms in total. The number of ether oxygens (including phenoxy) is 1. The highest BCUT2D eigenvalue weighted by molar-refractivity contribution is 7.92. The van der Waals surface area contributed by atoms with Gasteiger partial charge in [-0.1, -0.05) is 55.0 Å². The molecule has 0 aliphatic heterocycles. The van der Waals surface area contributed by atoms with E-state index >= 15 is 0 Å². The van der Waals surface area contributed by atoms with Crippen LogP contribution in [0.15, 0.2) is 60.7 Å². The van der Waals surface area contributed by atoms with Gasteiger partial charge in [0.25, 0.3) is 5.91 Å². The predicted molar refractivity (Wildman–Crippen MR) is 142 cm³/mol. The van der Waals surface area contributed by atoms with Crippen LogP contribution in [0.25, 0.3) is 0 Å². The van der Waals surface area contributed by atoms with Gasteiger partial charge in [0, 0.05) is 5.56 Å². The molecule has 3 rings (SSSR count). The minimum atomic E-state index is -3.50. The maximum absolute atomic E-state index is 12.7. The molecule has 1 amide bonds. The van der Waals surface area contributed by atoms with E-state index in [1.807, 2.05) is 58.0 Å². The minimum absolute atomic E-state index is 0.197. The van der Waals surface area contributed by atoms with Crippen molar-refractivity contribution in [3.05, 3.63) is 94.0 Å². The van der Waals surface area contributed by atoms with Gasteiger partial charge in [-0.05, 0) is 67.6 Å². The SMILES string of the molecule is CCc1cccc(C)c1N(Cc1ccc(C(=O)NCCOc2ccc(C)cc2C)cc1)S(C)(=O)=O. The summed E-state index contributed by atoms with van der Waals surface area (Å²) in [5.41, 5.74) is 6.17. The van der Waals surface area contributed by atoms with E-state index in [9.17, 15) is 13.2 Å². The monoisotopic (exact) mass is 494 g/mol. The molecule has 0 saturated carbocycles. The first-order valence-electron chi connectivity index (χ1n) is 11.7. The quantitative estimate of drug-likeness (QED) is 0.405. The molecule has 3 aromatic rings. The summed E-state index contributed by atoms with van der Waals surface area (Å²) in [4.78, 5) is 12.5. The Balaban J connectivity index is 1.63. The molecule has 0 atom stereocenters. The first kappa shape index (κ1) is 26.3. The largest absolute Gasteiger partial charge is 0.491 e. The number of amides is 1. The average molecular weight is 495 g/mol. The van der Waals surface area contributed by atoms with Gasteiger partial charge < -0.3 is 10.1 Å². The fourth-order valence-corrected chi connectivity index (χ4v) is 5.02. The normalized spacial score (nSPS) is 11.2. The Labute approximate surface area is 209 Å². The number of carbonyl (C=O) groups is 1. The summed E-state index contributed by atoms with van der Waals surface area (Å²) in [6, 6.07) is 18.8. The van der Waals surface area contributed by atoms with Gasteiger partial charge >= 0.3 is 0 Å². The van der Waals surface area contributed by atoms with Crippen LogP contribution < -0.4 is 14.4 Å². The molecule has 0 saturated heterocycles. The smallest absolute Gasteiger partial charge is 0.251 e. The molecule has 35 heavy (non-hydrogen) atoms. The molecule has 0 radical (unpaired) electrons. The second-order valence-electron chi connectivity index (χ2n) is 8.78. The number of benzene rings is 3. The van der Waals surface area contributed by atoms with Gasteiger partial charge in [-0.2, -0.15) is 0 Å². The van der Waals surface area contributed by atoms with Gasteiger partial charge in [0.2, 0.25) is 10.0 Å². The summed E-state index contributed by atoms with van der Waals surface area (Å²) in [6.45, 7) is 8.91.